The molecule has 1 aliphatic carbocycles. The topological polar surface area (TPSA) is 83.6 Å². The van der Waals surface area contributed by atoms with Gasteiger partial charge in [-0.1, -0.05) is 19.3 Å². The van der Waals surface area contributed by atoms with Gasteiger partial charge in [-0.15, -0.1) is 0 Å². The Balaban J connectivity index is 1.75. The third-order valence-electron chi connectivity index (χ3n) is 4.61. The quantitative estimate of drug-likeness (QED) is 0.845. The number of nitrogens with zero attached hydrogens (tertiary/aromatic N) is 1. The molecule has 0 atom stereocenters. The van der Waals surface area contributed by atoms with Crippen molar-refractivity contribution in [3.05, 3.63) is 24.3 Å². The predicted octanol–water partition coefficient (Wildman–Crippen LogP) is 2.34. The van der Waals surface area contributed by atoms with Gasteiger partial charge in [0.05, 0.1) is 10.6 Å². The summed E-state index contributed by atoms with van der Waals surface area (Å²) >= 11 is 0. The predicted molar refractivity (Wildman–Crippen MR) is 90.0 cm³/mol. The van der Waals surface area contributed by atoms with E-state index in [9.17, 15) is 18.0 Å². The third kappa shape index (κ3) is 3.67. The molecule has 1 aromatic carbocycles. The number of benzene rings is 1. The lowest BCUT2D eigenvalue weighted by atomic mass is 9.96. The largest absolute Gasteiger partial charge is 0.274 e. The molecule has 0 bridgehead atoms. The number of rotatable bonds is 4. The maximum atomic E-state index is 12.5. The molecule has 0 spiro atoms. The number of nitrogens with one attached hydrogen (secondary N) is 1. The van der Waals surface area contributed by atoms with Crippen LogP contribution in [0.25, 0.3) is 0 Å². The molecule has 24 heavy (non-hydrogen) atoms. The zero-order valence-electron chi connectivity index (χ0n) is 13.5. The maximum Gasteiger partial charge on any atom is 0.240 e. The van der Waals surface area contributed by atoms with E-state index in [0.717, 1.165) is 37.0 Å². The SMILES string of the molecule is O=C1CCCC(=O)N1c1ccc(S(=O)(=O)NC2CCCCC2)cc1. The van der Waals surface area contributed by atoms with Crippen molar-refractivity contribution in [2.24, 2.45) is 0 Å². The fourth-order valence-corrected chi connectivity index (χ4v) is 4.63. The molecule has 0 unspecified atom stereocenters. The number of carbonyl (C=O) groups excluding carboxylic acids is 2. The highest BCUT2D eigenvalue weighted by Gasteiger charge is 2.28. The number of amides is 2. The minimum absolute atomic E-state index is 0.00586. The van der Waals surface area contributed by atoms with Crippen LogP contribution < -0.4 is 9.62 Å². The summed E-state index contributed by atoms with van der Waals surface area (Å²) in [6.45, 7) is 0. The number of hydrogen-bond acceptors (Lipinski definition) is 4. The molecule has 1 N–H and O–H groups in total. The summed E-state index contributed by atoms with van der Waals surface area (Å²) in [6, 6.07) is 5.95. The third-order valence-corrected chi connectivity index (χ3v) is 6.15. The average Bonchev–Trinajstić information content (AvgIpc) is 2.56. The van der Waals surface area contributed by atoms with Gasteiger partial charge in [0.1, 0.15) is 0 Å². The van der Waals surface area contributed by atoms with E-state index in [1.807, 2.05) is 0 Å². The van der Waals surface area contributed by atoms with E-state index in [4.69, 9.17) is 0 Å². The Bertz CT molecular complexity index is 705. The highest BCUT2D eigenvalue weighted by molar-refractivity contribution is 7.89. The molecule has 1 aliphatic heterocycles. The van der Waals surface area contributed by atoms with Crippen molar-refractivity contribution >= 4 is 27.5 Å². The summed E-state index contributed by atoms with van der Waals surface area (Å²) < 4.78 is 27.7. The summed E-state index contributed by atoms with van der Waals surface area (Å²) in [5.74, 6) is -0.468. The first-order valence-electron chi connectivity index (χ1n) is 8.45. The van der Waals surface area contributed by atoms with Crippen LogP contribution >= 0.6 is 0 Å². The number of hydrogen-bond donors (Lipinski definition) is 1. The first-order chi connectivity index (χ1) is 11.5. The molecule has 2 fully saturated rings. The molecule has 6 nitrogen and oxygen atoms in total. The fraction of sp³-hybridized carbons (Fsp3) is 0.529. The normalized spacial score (nSPS) is 20.4. The Morgan fingerprint density at radius 1 is 0.875 bits per heavy atom. The van der Waals surface area contributed by atoms with Crippen LogP contribution in [0.2, 0.25) is 0 Å². The zero-order chi connectivity index (χ0) is 17.2. The van der Waals surface area contributed by atoms with Gasteiger partial charge in [-0.3, -0.25) is 14.5 Å². The second-order valence-corrected chi connectivity index (χ2v) is 8.14. The lowest BCUT2D eigenvalue weighted by molar-refractivity contribution is -0.129. The molecule has 130 valence electrons. The molecule has 0 radical (unpaired) electrons. The number of imide groups is 1. The average molecular weight is 350 g/mol. The first kappa shape index (κ1) is 17.1. The van der Waals surface area contributed by atoms with E-state index in [2.05, 4.69) is 4.72 Å². The Hall–Kier alpha value is -1.73. The van der Waals surface area contributed by atoms with Crippen LogP contribution in [0.3, 0.4) is 0 Å². The minimum atomic E-state index is -3.57. The first-order valence-corrected chi connectivity index (χ1v) is 9.94. The van der Waals surface area contributed by atoms with Crippen molar-refractivity contribution in [3.8, 4) is 0 Å². The molecule has 2 amide bonds. The van der Waals surface area contributed by atoms with Gasteiger partial charge >= 0.3 is 0 Å². The van der Waals surface area contributed by atoms with Crippen LogP contribution in [-0.4, -0.2) is 26.3 Å². The lowest BCUT2D eigenvalue weighted by Crippen LogP contribution is -2.40. The van der Waals surface area contributed by atoms with Crippen molar-refractivity contribution in [2.45, 2.75) is 62.3 Å². The van der Waals surface area contributed by atoms with Crippen molar-refractivity contribution in [1.82, 2.24) is 4.72 Å². The van der Waals surface area contributed by atoms with Gasteiger partial charge in [-0.05, 0) is 43.5 Å². The Morgan fingerprint density at radius 2 is 1.46 bits per heavy atom. The summed E-state index contributed by atoms with van der Waals surface area (Å²) in [5, 5.41) is 0. The highest BCUT2D eigenvalue weighted by atomic mass is 32.2. The minimum Gasteiger partial charge on any atom is -0.274 e. The van der Waals surface area contributed by atoms with Crippen LogP contribution in [0, 0.1) is 0 Å². The van der Waals surface area contributed by atoms with Crippen molar-refractivity contribution in [1.29, 1.82) is 0 Å². The molecule has 3 rings (SSSR count). The van der Waals surface area contributed by atoms with Crippen LogP contribution in [-0.2, 0) is 19.6 Å². The van der Waals surface area contributed by atoms with Crippen LogP contribution in [0.4, 0.5) is 5.69 Å². The molecule has 0 aromatic heterocycles. The van der Waals surface area contributed by atoms with Gasteiger partial charge in [0.2, 0.25) is 21.8 Å². The molecule has 7 heteroatoms. The van der Waals surface area contributed by atoms with Gasteiger partial charge < -0.3 is 0 Å². The number of piperidine rings is 1. The van der Waals surface area contributed by atoms with Gasteiger partial charge in [-0.2, -0.15) is 0 Å². The van der Waals surface area contributed by atoms with Crippen LogP contribution in [0.15, 0.2) is 29.2 Å². The van der Waals surface area contributed by atoms with E-state index in [0.29, 0.717) is 24.9 Å². The lowest BCUT2D eigenvalue weighted by Gasteiger charge is -2.25. The Morgan fingerprint density at radius 3 is 2.04 bits per heavy atom. The summed E-state index contributed by atoms with van der Waals surface area (Å²) in [6.07, 6.45) is 6.25. The van der Waals surface area contributed by atoms with Gasteiger partial charge in [-0.25, -0.2) is 13.1 Å². The van der Waals surface area contributed by atoms with E-state index in [-0.39, 0.29) is 22.8 Å². The molecule has 1 aromatic rings. The molecular formula is C17H22N2O4S. The van der Waals surface area contributed by atoms with Gasteiger partial charge in [0, 0.05) is 18.9 Å². The van der Waals surface area contributed by atoms with Gasteiger partial charge in [0.15, 0.2) is 0 Å². The van der Waals surface area contributed by atoms with E-state index in [1.165, 1.54) is 24.3 Å². The second kappa shape index (κ2) is 7.03. The second-order valence-electron chi connectivity index (χ2n) is 6.43. The van der Waals surface area contributed by atoms with E-state index in [1.54, 1.807) is 0 Å². The van der Waals surface area contributed by atoms with Crippen molar-refractivity contribution in [3.63, 3.8) is 0 Å². The molecule has 1 heterocycles. The van der Waals surface area contributed by atoms with E-state index >= 15 is 0 Å². The van der Waals surface area contributed by atoms with Crippen molar-refractivity contribution in [2.75, 3.05) is 4.90 Å². The number of carbonyl (C=O) groups is 2. The standard InChI is InChI=1S/C17H22N2O4S/c20-16-7-4-8-17(21)19(16)14-9-11-15(12-10-14)24(22,23)18-13-5-2-1-3-6-13/h9-13,18H,1-8H2. The fourth-order valence-electron chi connectivity index (χ4n) is 3.32. The Labute approximate surface area is 142 Å². The highest BCUT2D eigenvalue weighted by Crippen LogP contribution is 2.24. The Kier molecular flexibility index (Phi) is 5.01. The smallest absolute Gasteiger partial charge is 0.240 e. The molecule has 1 saturated carbocycles. The van der Waals surface area contributed by atoms with Crippen molar-refractivity contribution < 1.29 is 18.0 Å². The summed E-state index contributed by atoms with van der Waals surface area (Å²) in [5.41, 5.74) is 0.432. The zero-order valence-corrected chi connectivity index (χ0v) is 14.3. The number of anilines is 1. The monoisotopic (exact) mass is 350 g/mol. The maximum absolute atomic E-state index is 12.5. The molecular weight excluding hydrogens is 328 g/mol. The van der Waals surface area contributed by atoms with Crippen LogP contribution in [0.5, 0.6) is 0 Å². The van der Waals surface area contributed by atoms with Gasteiger partial charge in [0.25, 0.3) is 0 Å². The molecule has 2 aliphatic rings. The number of sulfonamides is 1. The summed E-state index contributed by atoms with van der Waals surface area (Å²) in [7, 11) is -3.57. The summed E-state index contributed by atoms with van der Waals surface area (Å²) in [4.78, 5) is 25.2. The molecule has 1 saturated heterocycles. The van der Waals surface area contributed by atoms with Crippen LogP contribution in [0.1, 0.15) is 51.4 Å². The van der Waals surface area contributed by atoms with E-state index < -0.39 is 10.0 Å².